The average molecular weight is 230 g/mol. The molecule has 17 heavy (non-hydrogen) atoms. The maximum absolute atomic E-state index is 8.03. The molecular formula is C14H18N2O. The minimum atomic E-state index is 0.132. The molecule has 3 heteroatoms. The molecule has 1 aliphatic heterocycles. The maximum Gasteiger partial charge on any atom is 0.163 e. The molecule has 2 rings (SSSR count). The SMILES string of the molecule is C/C=C1/OCC(c2ccccc2C)N(C)C1=N. The van der Waals surface area contributed by atoms with Crippen LogP contribution in [0.5, 0.6) is 0 Å². The van der Waals surface area contributed by atoms with Crippen LogP contribution in [0.15, 0.2) is 36.1 Å². The molecule has 1 aliphatic rings. The third-order valence-electron chi connectivity index (χ3n) is 3.26. The van der Waals surface area contributed by atoms with Crippen molar-refractivity contribution in [3.63, 3.8) is 0 Å². The van der Waals surface area contributed by atoms with Crippen molar-refractivity contribution >= 4 is 5.84 Å². The molecule has 0 aliphatic carbocycles. The van der Waals surface area contributed by atoms with E-state index in [4.69, 9.17) is 10.1 Å². The van der Waals surface area contributed by atoms with Crippen LogP contribution in [0, 0.1) is 12.3 Å². The monoisotopic (exact) mass is 230 g/mol. The van der Waals surface area contributed by atoms with E-state index in [2.05, 4.69) is 19.1 Å². The molecule has 1 saturated heterocycles. The Bertz CT molecular complexity index is 465. The van der Waals surface area contributed by atoms with Gasteiger partial charge in [0.2, 0.25) is 0 Å². The standard InChI is InChI=1S/C14H18N2O/c1-4-13-14(15)16(3)12(9-17-13)11-8-6-5-7-10(11)2/h4-8,12,15H,9H2,1-3H3/b13-4+,15-14?. The summed E-state index contributed by atoms with van der Waals surface area (Å²) < 4.78 is 5.63. The number of nitrogens with zero attached hydrogens (tertiary/aromatic N) is 1. The van der Waals surface area contributed by atoms with Gasteiger partial charge in [-0.1, -0.05) is 24.3 Å². The van der Waals surface area contributed by atoms with Gasteiger partial charge in [-0.05, 0) is 31.1 Å². The van der Waals surface area contributed by atoms with Crippen LogP contribution in [0.2, 0.25) is 0 Å². The number of allylic oxidation sites excluding steroid dienone is 1. The molecule has 1 heterocycles. The molecule has 1 fully saturated rings. The molecule has 0 bridgehead atoms. The number of rotatable bonds is 1. The van der Waals surface area contributed by atoms with Crippen LogP contribution in [-0.2, 0) is 4.74 Å². The van der Waals surface area contributed by atoms with Crippen molar-refractivity contribution in [1.82, 2.24) is 4.90 Å². The highest BCUT2D eigenvalue weighted by molar-refractivity contribution is 5.94. The van der Waals surface area contributed by atoms with Crippen LogP contribution in [-0.4, -0.2) is 24.4 Å². The van der Waals surface area contributed by atoms with Gasteiger partial charge < -0.3 is 9.64 Å². The van der Waals surface area contributed by atoms with Crippen LogP contribution in [0.3, 0.4) is 0 Å². The lowest BCUT2D eigenvalue weighted by molar-refractivity contribution is 0.125. The molecule has 1 aromatic rings. The minimum absolute atomic E-state index is 0.132. The van der Waals surface area contributed by atoms with Gasteiger partial charge >= 0.3 is 0 Å². The van der Waals surface area contributed by atoms with Crippen molar-refractivity contribution < 1.29 is 4.74 Å². The Morgan fingerprint density at radius 3 is 2.76 bits per heavy atom. The van der Waals surface area contributed by atoms with Gasteiger partial charge in [-0.3, -0.25) is 5.41 Å². The Morgan fingerprint density at radius 2 is 2.12 bits per heavy atom. The van der Waals surface area contributed by atoms with E-state index in [1.165, 1.54) is 11.1 Å². The first-order valence-corrected chi connectivity index (χ1v) is 5.81. The Labute approximate surface area is 102 Å². The largest absolute Gasteiger partial charge is 0.488 e. The molecule has 0 spiro atoms. The Morgan fingerprint density at radius 1 is 1.41 bits per heavy atom. The summed E-state index contributed by atoms with van der Waals surface area (Å²) in [5.74, 6) is 1.12. The third-order valence-corrected chi connectivity index (χ3v) is 3.26. The quantitative estimate of drug-likeness (QED) is 0.805. The number of hydrogen-bond donors (Lipinski definition) is 1. The molecule has 1 aromatic carbocycles. The van der Waals surface area contributed by atoms with Gasteiger partial charge in [0.25, 0.3) is 0 Å². The number of ether oxygens (including phenoxy) is 1. The van der Waals surface area contributed by atoms with E-state index in [1.807, 2.05) is 37.1 Å². The topological polar surface area (TPSA) is 36.3 Å². The molecule has 3 nitrogen and oxygen atoms in total. The first kappa shape index (κ1) is 11.7. The zero-order valence-electron chi connectivity index (χ0n) is 10.5. The van der Waals surface area contributed by atoms with E-state index in [1.54, 1.807) is 0 Å². The van der Waals surface area contributed by atoms with Crippen molar-refractivity contribution in [2.45, 2.75) is 19.9 Å². The maximum atomic E-state index is 8.03. The van der Waals surface area contributed by atoms with Crippen LogP contribution < -0.4 is 0 Å². The number of likely N-dealkylation sites (N-methyl/N-ethyl adjacent to an activating group) is 1. The zero-order chi connectivity index (χ0) is 12.4. The highest BCUT2D eigenvalue weighted by Gasteiger charge is 2.28. The second-order valence-electron chi connectivity index (χ2n) is 4.30. The van der Waals surface area contributed by atoms with E-state index >= 15 is 0 Å². The lowest BCUT2D eigenvalue weighted by Gasteiger charge is -2.36. The van der Waals surface area contributed by atoms with Gasteiger partial charge in [-0.25, -0.2) is 0 Å². The molecule has 1 atom stereocenters. The summed E-state index contributed by atoms with van der Waals surface area (Å²) in [5.41, 5.74) is 2.47. The summed E-state index contributed by atoms with van der Waals surface area (Å²) in [6.07, 6.45) is 1.84. The van der Waals surface area contributed by atoms with Gasteiger partial charge in [-0.2, -0.15) is 0 Å². The minimum Gasteiger partial charge on any atom is -0.488 e. The number of morpholine rings is 1. The number of aryl methyl sites for hydroxylation is 1. The van der Waals surface area contributed by atoms with Gasteiger partial charge in [-0.15, -0.1) is 0 Å². The molecule has 0 aromatic heterocycles. The number of amidine groups is 1. The van der Waals surface area contributed by atoms with Crippen LogP contribution in [0.1, 0.15) is 24.1 Å². The Hall–Kier alpha value is -1.77. The van der Waals surface area contributed by atoms with Gasteiger partial charge in [0.05, 0.1) is 6.04 Å². The lowest BCUT2D eigenvalue weighted by atomic mass is 9.99. The van der Waals surface area contributed by atoms with E-state index in [-0.39, 0.29) is 6.04 Å². The average Bonchev–Trinajstić information content (AvgIpc) is 2.34. The second kappa shape index (κ2) is 4.62. The number of hydrogen-bond acceptors (Lipinski definition) is 2. The lowest BCUT2D eigenvalue weighted by Crippen LogP contribution is -2.40. The molecule has 0 amide bonds. The first-order valence-electron chi connectivity index (χ1n) is 5.81. The van der Waals surface area contributed by atoms with Crippen LogP contribution in [0.4, 0.5) is 0 Å². The molecule has 0 saturated carbocycles. The predicted molar refractivity (Wildman–Crippen MR) is 69.1 cm³/mol. The van der Waals surface area contributed by atoms with Crippen LogP contribution in [0.25, 0.3) is 0 Å². The summed E-state index contributed by atoms with van der Waals surface area (Å²) in [6.45, 7) is 4.59. The highest BCUT2D eigenvalue weighted by atomic mass is 16.5. The van der Waals surface area contributed by atoms with Gasteiger partial charge in [0.15, 0.2) is 11.6 Å². The van der Waals surface area contributed by atoms with Crippen molar-refractivity contribution in [2.75, 3.05) is 13.7 Å². The molecule has 0 radical (unpaired) electrons. The summed E-state index contributed by atoms with van der Waals surface area (Å²) in [5, 5.41) is 8.03. The first-order chi connectivity index (χ1) is 8.15. The van der Waals surface area contributed by atoms with Crippen molar-refractivity contribution in [2.24, 2.45) is 0 Å². The number of benzene rings is 1. The van der Waals surface area contributed by atoms with Gasteiger partial charge in [0, 0.05) is 7.05 Å². The van der Waals surface area contributed by atoms with E-state index < -0.39 is 0 Å². The predicted octanol–water partition coefficient (Wildman–Crippen LogP) is 2.88. The fraction of sp³-hybridized carbons (Fsp3) is 0.357. The Kier molecular flexibility index (Phi) is 3.18. The van der Waals surface area contributed by atoms with Crippen molar-refractivity contribution in [3.05, 3.63) is 47.2 Å². The number of nitrogens with one attached hydrogen (secondary N) is 1. The van der Waals surface area contributed by atoms with Gasteiger partial charge in [0.1, 0.15) is 6.61 Å². The summed E-state index contributed by atoms with van der Waals surface area (Å²) >= 11 is 0. The normalized spacial score (nSPS) is 22.8. The van der Waals surface area contributed by atoms with Crippen LogP contribution >= 0.6 is 0 Å². The smallest absolute Gasteiger partial charge is 0.163 e. The van der Waals surface area contributed by atoms with Crippen molar-refractivity contribution in [3.8, 4) is 0 Å². The summed E-state index contributed by atoms with van der Waals surface area (Å²) in [4.78, 5) is 1.97. The fourth-order valence-corrected chi connectivity index (χ4v) is 2.16. The fourth-order valence-electron chi connectivity index (χ4n) is 2.16. The van der Waals surface area contributed by atoms with E-state index in [0.717, 1.165) is 0 Å². The molecule has 1 unspecified atom stereocenters. The highest BCUT2D eigenvalue weighted by Crippen LogP contribution is 2.28. The molecule has 1 N–H and O–H groups in total. The summed E-state index contributed by atoms with van der Waals surface area (Å²) in [6, 6.07) is 8.40. The van der Waals surface area contributed by atoms with E-state index in [0.29, 0.717) is 18.2 Å². The third kappa shape index (κ3) is 2.05. The summed E-state index contributed by atoms with van der Waals surface area (Å²) in [7, 11) is 1.95. The molecule has 90 valence electrons. The zero-order valence-corrected chi connectivity index (χ0v) is 10.5. The van der Waals surface area contributed by atoms with Crippen molar-refractivity contribution in [1.29, 1.82) is 5.41 Å². The Balaban J connectivity index is 2.31. The second-order valence-corrected chi connectivity index (χ2v) is 4.30. The molecular weight excluding hydrogens is 212 g/mol. The van der Waals surface area contributed by atoms with E-state index in [9.17, 15) is 0 Å².